The van der Waals surface area contributed by atoms with Gasteiger partial charge in [-0.1, -0.05) is 18.0 Å². The summed E-state index contributed by atoms with van der Waals surface area (Å²) < 4.78 is 5.08. The van der Waals surface area contributed by atoms with E-state index in [1.165, 1.54) is 0 Å². The Kier molecular flexibility index (Phi) is 4.66. The molecule has 1 fully saturated rings. The first kappa shape index (κ1) is 14.2. The third kappa shape index (κ3) is 3.19. The maximum atomic E-state index is 12.2. The molecule has 0 saturated heterocycles. The van der Waals surface area contributed by atoms with Crippen LogP contribution < -0.4 is 15.8 Å². The summed E-state index contributed by atoms with van der Waals surface area (Å²) in [5, 5.41) is 3.39. The molecule has 2 unspecified atom stereocenters. The van der Waals surface area contributed by atoms with Gasteiger partial charge in [0.25, 0.3) is 0 Å². The number of hydrogen-bond donors (Lipinski definition) is 2. The topological polar surface area (TPSA) is 64.3 Å². The number of amides is 1. The number of carbonyl (C=O) groups excluding carboxylic acids is 1. The van der Waals surface area contributed by atoms with E-state index >= 15 is 0 Å². The van der Waals surface area contributed by atoms with E-state index in [-0.39, 0.29) is 11.8 Å². The van der Waals surface area contributed by atoms with E-state index in [0.29, 0.717) is 28.9 Å². The zero-order valence-electron chi connectivity index (χ0n) is 11.0. The molecule has 1 aromatic rings. The molecule has 2 rings (SSSR count). The van der Waals surface area contributed by atoms with E-state index in [4.69, 9.17) is 22.1 Å². The minimum atomic E-state index is 0.0193. The van der Waals surface area contributed by atoms with Gasteiger partial charge in [0.05, 0.1) is 12.1 Å². The van der Waals surface area contributed by atoms with Crippen LogP contribution in [0.25, 0.3) is 0 Å². The lowest BCUT2D eigenvalue weighted by Crippen LogP contribution is -2.29. The molecule has 1 aliphatic carbocycles. The van der Waals surface area contributed by atoms with Crippen molar-refractivity contribution in [1.82, 2.24) is 0 Å². The van der Waals surface area contributed by atoms with Crippen LogP contribution in [0.1, 0.15) is 19.3 Å². The number of ether oxygens (including phenoxy) is 1. The smallest absolute Gasteiger partial charge is 0.227 e. The summed E-state index contributed by atoms with van der Waals surface area (Å²) in [6, 6.07) is 5.23. The van der Waals surface area contributed by atoms with Crippen molar-refractivity contribution in [3.63, 3.8) is 0 Å². The van der Waals surface area contributed by atoms with Gasteiger partial charge in [-0.05, 0) is 43.5 Å². The van der Waals surface area contributed by atoms with E-state index in [9.17, 15) is 4.79 Å². The van der Waals surface area contributed by atoms with Crippen LogP contribution in [0.2, 0.25) is 5.02 Å². The fourth-order valence-electron chi connectivity index (χ4n) is 2.64. The highest BCUT2D eigenvalue weighted by Crippen LogP contribution is 2.33. The second-order valence-corrected chi connectivity index (χ2v) is 5.28. The Bertz CT molecular complexity index is 465. The maximum Gasteiger partial charge on any atom is 0.227 e. The molecule has 0 spiro atoms. The fraction of sp³-hybridized carbons (Fsp3) is 0.500. The van der Waals surface area contributed by atoms with Gasteiger partial charge in [-0.25, -0.2) is 0 Å². The summed E-state index contributed by atoms with van der Waals surface area (Å²) in [6.45, 7) is 0.571. The zero-order valence-corrected chi connectivity index (χ0v) is 11.7. The van der Waals surface area contributed by atoms with Crippen LogP contribution in [0.5, 0.6) is 5.75 Å². The first-order valence-corrected chi connectivity index (χ1v) is 6.88. The molecule has 0 aliphatic heterocycles. The lowest BCUT2D eigenvalue weighted by Gasteiger charge is -2.17. The van der Waals surface area contributed by atoms with E-state index in [1.807, 2.05) is 0 Å². The van der Waals surface area contributed by atoms with Crippen molar-refractivity contribution in [3.8, 4) is 5.75 Å². The minimum absolute atomic E-state index is 0.0193. The molecule has 5 heteroatoms. The van der Waals surface area contributed by atoms with Gasteiger partial charge >= 0.3 is 0 Å². The molecule has 2 atom stereocenters. The highest BCUT2D eigenvalue weighted by atomic mass is 35.5. The monoisotopic (exact) mass is 282 g/mol. The lowest BCUT2D eigenvalue weighted by molar-refractivity contribution is -0.120. The molecule has 19 heavy (non-hydrogen) atoms. The highest BCUT2D eigenvalue weighted by molar-refractivity contribution is 6.32. The molecule has 0 bridgehead atoms. The van der Waals surface area contributed by atoms with Crippen LogP contribution in [-0.4, -0.2) is 19.6 Å². The number of benzene rings is 1. The van der Waals surface area contributed by atoms with Gasteiger partial charge in [-0.15, -0.1) is 0 Å². The van der Waals surface area contributed by atoms with E-state index in [1.54, 1.807) is 25.3 Å². The zero-order chi connectivity index (χ0) is 13.8. The number of anilines is 1. The number of nitrogens with one attached hydrogen (secondary N) is 1. The second kappa shape index (κ2) is 6.26. The highest BCUT2D eigenvalue weighted by Gasteiger charge is 2.31. The first-order chi connectivity index (χ1) is 9.15. The third-order valence-electron chi connectivity index (χ3n) is 3.72. The summed E-state index contributed by atoms with van der Waals surface area (Å²) in [4.78, 5) is 12.2. The number of nitrogens with two attached hydrogens (primary N) is 1. The molecule has 4 nitrogen and oxygen atoms in total. The Balaban J connectivity index is 2.04. The quantitative estimate of drug-likeness (QED) is 0.892. The van der Waals surface area contributed by atoms with E-state index in [0.717, 1.165) is 19.3 Å². The van der Waals surface area contributed by atoms with Crippen molar-refractivity contribution < 1.29 is 9.53 Å². The van der Waals surface area contributed by atoms with Crippen LogP contribution in [-0.2, 0) is 4.79 Å². The van der Waals surface area contributed by atoms with Crippen molar-refractivity contribution in [2.45, 2.75) is 19.3 Å². The van der Waals surface area contributed by atoms with Gasteiger partial charge in [-0.2, -0.15) is 0 Å². The minimum Gasteiger partial charge on any atom is -0.495 e. The Labute approximate surface area is 118 Å². The fourth-order valence-corrected chi connectivity index (χ4v) is 2.90. The van der Waals surface area contributed by atoms with Gasteiger partial charge in [0.2, 0.25) is 5.91 Å². The predicted octanol–water partition coefficient (Wildman–Crippen LogP) is 2.66. The molecule has 0 radical (unpaired) electrons. The second-order valence-electron chi connectivity index (χ2n) is 4.87. The SMILES string of the molecule is COc1ccc(NC(=O)C2CCCC2CN)cc1Cl. The summed E-state index contributed by atoms with van der Waals surface area (Å²) in [7, 11) is 1.56. The normalized spacial score (nSPS) is 22.3. The molecule has 1 amide bonds. The lowest BCUT2D eigenvalue weighted by atomic mass is 9.95. The molecule has 0 heterocycles. The van der Waals surface area contributed by atoms with Crippen molar-refractivity contribution >= 4 is 23.2 Å². The molecule has 0 aromatic heterocycles. The van der Waals surface area contributed by atoms with Gasteiger partial charge < -0.3 is 15.8 Å². The van der Waals surface area contributed by atoms with Crippen LogP contribution in [0, 0.1) is 11.8 Å². The van der Waals surface area contributed by atoms with Crippen LogP contribution in [0.3, 0.4) is 0 Å². The molecular formula is C14H19ClN2O2. The molecule has 1 saturated carbocycles. The number of carbonyl (C=O) groups is 1. The van der Waals surface area contributed by atoms with Gasteiger partial charge in [0, 0.05) is 11.6 Å². The van der Waals surface area contributed by atoms with Crippen LogP contribution in [0.4, 0.5) is 5.69 Å². The van der Waals surface area contributed by atoms with Crippen molar-refractivity contribution in [2.24, 2.45) is 17.6 Å². The Morgan fingerprint density at radius 2 is 2.32 bits per heavy atom. The van der Waals surface area contributed by atoms with Gasteiger partial charge in [-0.3, -0.25) is 4.79 Å². The number of rotatable bonds is 4. The van der Waals surface area contributed by atoms with Crippen LogP contribution in [0.15, 0.2) is 18.2 Å². The molecule has 1 aromatic carbocycles. The molecule has 104 valence electrons. The van der Waals surface area contributed by atoms with Gasteiger partial charge in [0.15, 0.2) is 0 Å². The maximum absolute atomic E-state index is 12.2. The number of methoxy groups -OCH3 is 1. The van der Waals surface area contributed by atoms with E-state index < -0.39 is 0 Å². The Morgan fingerprint density at radius 3 is 2.95 bits per heavy atom. The summed E-state index contributed by atoms with van der Waals surface area (Å²) >= 11 is 6.03. The summed E-state index contributed by atoms with van der Waals surface area (Å²) in [5.41, 5.74) is 6.39. The Hall–Kier alpha value is -1.26. The third-order valence-corrected chi connectivity index (χ3v) is 4.01. The van der Waals surface area contributed by atoms with Crippen molar-refractivity contribution in [3.05, 3.63) is 23.2 Å². The van der Waals surface area contributed by atoms with Gasteiger partial charge in [0.1, 0.15) is 5.75 Å². The molecule has 3 N–H and O–H groups in total. The average molecular weight is 283 g/mol. The number of hydrogen-bond acceptors (Lipinski definition) is 3. The van der Waals surface area contributed by atoms with E-state index in [2.05, 4.69) is 5.32 Å². The number of halogens is 1. The van der Waals surface area contributed by atoms with Crippen molar-refractivity contribution in [1.29, 1.82) is 0 Å². The molecule has 1 aliphatic rings. The average Bonchev–Trinajstić information content (AvgIpc) is 2.87. The standard InChI is InChI=1S/C14H19ClN2O2/c1-19-13-6-5-10(7-12(13)15)17-14(18)11-4-2-3-9(11)8-16/h5-7,9,11H,2-4,8,16H2,1H3,(H,17,18). The molecular weight excluding hydrogens is 264 g/mol. The summed E-state index contributed by atoms with van der Waals surface area (Å²) in [6.07, 6.45) is 3.03. The van der Waals surface area contributed by atoms with Crippen molar-refractivity contribution in [2.75, 3.05) is 19.0 Å². The largest absolute Gasteiger partial charge is 0.495 e. The van der Waals surface area contributed by atoms with Crippen LogP contribution >= 0.6 is 11.6 Å². The first-order valence-electron chi connectivity index (χ1n) is 6.50. The Morgan fingerprint density at radius 1 is 1.53 bits per heavy atom. The predicted molar refractivity (Wildman–Crippen MR) is 76.5 cm³/mol. The summed E-state index contributed by atoms with van der Waals surface area (Å²) in [5.74, 6) is 0.953.